The molecule has 0 aromatic carbocycles. The Hall–Kier alpha value is -0.0600. The van der Waals surface area contributed by atoms with Gasteiger partial charge in [0.25, 0.3) is 0 Å². The van der Waals surface area contributed by atoms with E-state index in [9.17, 15) is 4.21 Å². The first-order valence-corrected chi connectivity index (χ1v) is 6.38. The molecule has 0 aromatic heterocycles. The minimum absolute atomic E-state index is 0.0220. The Morgan fingerprint density at radius 2 is 2.23 bits per heavy atom. The van der Waals surface area contributed by atoms with Gasteiger partial charge >= 0.3 is 0 Å². The van der Waals surface area contributed by atoms with Gasteiger partial charge in [0.1, 0.15) is 12.2 Å². The summed E-state index contributed by atoms with van der Waals surface area (Å²) < 4.78 is 23.3. The monoisotopic (exact) mass is 202 g/mol. The van der Waals surface area contributed by atoms with Crippen LogP contribution in [0.5, 0.6) is 0 Å². The fraction of sp³-hybridized carbons (Fsp3) is 0.889. The highest BCUT2D eigenvalue weighted by Gasteiger charge is 2.66. The van der Waals surface area contributed by atoms with Crippen molar-refractivity contribution >= 4 is 15.7 Å². The summed E-state index contributed by atoms with van der Waals surface area (Å²) in [5.74, 6) is 4.03. The molecular weight excluding hydrogens is 188 g/mol. The van der Waals surface area contributed by atoms with Gasteiger partial charge < -0.3 is 4.74 Å². The van der Waals surface area contributed by atoms with Crippen LogP contribution >= 0.6 is 0 Å². The van der Waals surface area contributed by atoms with Gasteiger partial charge in [0.15, 0.2) is 0 Å². The molecule has 4 heteroatoms. The van der Waals surface area contributed by atoms with Gasteiger partial charge in [-0.3, -0.25) is 4.18 Å². The molecule has 0 radical (unpaired) electrons. The maximum Gasteiger partial charge on any atom is 0.107 e. The summed E-state index contributed by atoms with van der Waals surface area (Å²) >= 11 is 0. The highest BCUT2D eigenvalue weighted by Crippen LogP contribution is 2.55. The second-order valence-corrected chi connectivity index (χ2v) is 6.77. The minimum Gasteiger partial charge on any atom is -0.368 e. The number of hydrogen-bond acceptors (Lipinski definition) is 3. The summed E-state index contributed by atoms with van der Waals surface area (Å²) in [6, 6.07) is 0. The van der Waals surface area contributed by atoms with Crippen molar-refractivity contribution < 1.29 is 13.1 Å². The normalized spacial score (nSPS) is 69.1. The summed E-state index contributed by atoms with van der Waals surface area (Å²) in [4.78, 5) is 0. The first-order chi connectivity index (χ1) is 5.94. The second kappa shape index (κ2) is 1.97. The van der Waals surface area contributed by atoms with Gasteiger partial charge in [-0.2, -0.15) is 0 Å². The average Bonchev–Trinajstić information content (AvgIpc) is 2.52. The van der Waals surface area contributed by atoms with E-state index < -0.39 is 9.80 Å². The summed E-state index contributed by atoms with van der Waals surface area (Å²) in [5, 5.41) is 0.0405. The molecule has 3 aliphatic rings. The van der Waals surface area contributed by atoms with Crippen LogP contribution in [0, 0.1) is 5.92 Å². The molecule has 3 rings (SSSR count). The lowest BCUT2D eigenvalue weighted by Crippen LogP contribution is -2.38. The van der Waals surface area contributed by atoms with E-state index in [0.29, 0.717) is 5.92 Å². The first kappa shape index (κ1) is 8.26. The number of rotatable bonds is 0. The Morgan fingerprint density at radius 3 is 2.77 bits per heavy atom. The molecule has 2 bridgehead atoms. The molecule has 3 fully saturated rings. The van der Waals surface area contributed by atoms with Gasteiger partial charge in [0, 0.05) is 5.92 Å². The van der Waals surface area contributed by atoms with Gasteiger partial charge in [-0.15, -0.1) is 0 Å². The third kappa shape index (κ3) is 0.778. The third-order valence-corrected chi connectivity index (χ3v) is 5.80. The Bertz CT molecular complexity index is 361. The molecule has 6 atom stereocenters. The van der Waals surface area contributed by atoms with Gasteiger partial charge in [-0.05, 0) is 19.2 Å². The summed E-state index contributed by atoms with van der Waals surface area (Å²) in [7, 11) is -2.33. The van der Waals surface area contributed by atoms with E-state index in [0.717, 1.165) is 6.42 Å². The van der Waals surface area contributed by atoms with Crippen LogP contribution in [-0.4, -0.2) is 33.1 Å². The molecule has 0 aliphatic carbocycles. The van der Waals surface area contributed by atoms with Crippen LogP contribution in [0.1, 0.15) is 20.3 Å². The molecular formula is C9H14O3S. The maximum absolute atomic E-state index is 11.9. The van der Waals surface area contributed by atoms with Gasteiger partial charge in [-0.25, -0.2) is 4.21 Å². The van der Waals surface area contributed by atoms with Gasteiger partial charge in [-0.1, -0.05) is 6.92 Å². The van der Waals surface area contributed by atoms with Crippen LogP contribution in [0.3, 0.4) is 0 Å². The second-order valence-electron chi connectivity index (χ2n) is 4.65. The van der Waals surface area contributed by atoms with E-state index in [1.807, 2.05) is 0 Å². The highest BCUT2D eigenvalue weighted by molar-refractivity contribution is 7.96. The van der Waals surface area contributed by atoms with Crippen molar-refractivity contribution in [1.82, 2.24) is 0 Å². The number of hydrogen-bond donors (Lipinski definition) is 0. The van der Waals surface area contributed by atoms with Crippen LogP contribution in [-0.2, 0) is 18.7 Å². The zero-order chi connectivity index (χ0) is 9.43. The Morgan fingerprint density at radius 1 is 1.54 bits per heavy atom. The topological polar surface area (TPSA) is 35.5 Å². The van der Waals surface area contributed by atoms with Crippen molar-refractivity contribution in [1.29, 1.82) is 0 Å². The van der Waals surface area contributed by atoms with Crippen molar-refractivity contribution in [2.24, 2.45) is 5.92 Å². The van der Waals surface area contributed by atoms with E-state index in [1.165, 1.54) is 0 Å². The highest BCUT2D eigenvalue weighted by atomic mass is 32.2. The van der Waals surface area contributed by atoms with Crippen molar-refractivity contribution in [3.8, 4) is 0 Å². The lowest BCUT2D eigenvalue weighted by Gasteiger charge is -2.26. The molecule has 0 spiro atoms. The molecule has 3 aliphatic heterocycles. The van der Waals surface area contributed by atoms with E-state index in [-0.39, 0.29) is 23.1 Å². The molecule has 6 unspecified atom stereocenters. The quantitative estimate of drug-likeness (QED) is 0.539. The van der Waals surface area contributed by atoms with Crippen LogP contribution in [0.25, 0.3) is 0 Å². The van der Waals surface area contributed by atoms with Crippen molar-refractivity contribution in [3.63, 3.8) is 0 Å². The first-order valence-electron chi connectivity index (χ1n) is 4.66. The SMILES string of the molecule is C=S1(=O)OC2C3OC(C)(CC31)C2C. The van der Waals surface area contributed by atoms with Crippen molar-refractivity contribution in [2.45, 2.75) is 43.3 Å². The summed E-state index contributed by atoms with van der Waals surface area (Å²) in [5.41, 5.74) is -0.114. The molecule has 74 valence electrons. The van der Waals surface area contributed by atoms with Crippen LogP contribution in [0.2, 0.25) is 0 Å². The number of fused-ring (bicyclic) bond motifs is 1. The molecule has 0 N–H and O–H groups in total. The zero-order valence-corrected chi connectivity index (χ0v) is 8.67. The smallest absolute Gasteiger partial charge is 0.107 e. The van der Waals surface area contributed by atoms with Crippen LogP contribution < -0.4 is 0 Å². The zero-order valence-electron chi connectivity index (χ0n) is 7.86. The molecule has 0 aromatic rings. The molecule has 3 saturated heterocycles. The van der Waals surface area contributed by atoms with E-state index in [4.69, 9.17) is 8.92 Å². The number of ether oxygens (including phenoxy) is 1. The standard InChI is InChI=1S/C9H14O3S/c1-5-7-8-6(13(3,10)12-7)4-9(5,2)11-8/h5-8H,3-4H2,1-2H3. The summed E-state index contributed by atoms with van der Waals surface area (Å²) in [6.45, 7) is 4.20. The predicted octanol–water partition coefficient (Wildman–Crippen LogP) is 0.582. The van der Waals surface area contributed by atoms with Gasteiger partial charge in [0.2, 0.25) is 0 Å². The molecule has 3 heterocycles. The van der Waals surface area contributed by atoms with E-state index in [1.54, 1.807) is 0 Å². The Labute approximate surface area is 78.6 Å². The Kier molecular flexibility index (Phi) is 1.25. The average molecular weight is 202 g/mol. The predicted molar refractivity (Wildman–Crippen MR) is 51.0 cm³/mol. The van der Waals surface area contributed by atoms with Crippen molar-refractivity contribution in [3.05, 3.63) is 0 Å². The Balaban J connectivity index is 2.14. The van der Waals surface area contributed by atoms with E-state index >= 15 is 0 Å². The van der Waals surface area contributed by atoms with Crippen molar-refractivity contribution in [2.75, 3.05) is 0 Å². The fourth-order valence-corrected chi connectivity index (χ4v) is 4.88. The summed E-state index contributed by atoms with van der Waals surface area (Å²) in [6.07, 6.45) is 0.913. The lowest BCUT2D eigenvalue weighted by molar-refractivity contribution is 0.0101. The van der Waals surface area contributed by atoms with Crippen LogP contribution in [0.4, 0.5) is 0 Å². The maximum atomic E-state index is 11.9. The molecule has 3 nitrogen and oxygen atoms in total. The van der Waals surface area contributed by atoms with Crippen LogP contribution in [0.15, 0.2) is 0 Å². The minimum atomic E-state index is -2.33. The molecule has 0 saturated carbocycles. The third-order valence-electron chi connectivity index (χ3n) is 3.89. The van der Waals surface area contributed by atoms with Gasteiger partial charge in [0.05, 0.1) is 20.7 Å². The van der Waals surface area contributed by atoms with E-state index in [2.05, 4.69) is 19.7 Å². The molecule has 0 amide bonds. The largest absolute Gasteiger partial charge is 0.368 e. The lowest BCUT2D eigenvalue weighted by atomic mass is 9.79. The molecule has 13 heavy (non-hydrogen) atoms. The fourth-order valence-electron chi connectivity index (χ4n) is 2.88.